The van der Waals surface area contributed by atoms with E-state index in [4.69, 9.17) is 15.2 Å². The molecule has 0 unspecified atom stereocenters. The average molecular weight is 711 g/mol. The summed E-state index contributed by atoms with van der Waals surface area (Å²) < 4.78 is 14.6. The number of H-pyrrole nitrogens is 1. The van der Waals surface area contributed by atoms with Gasteiger partial charge in [0.05, 0.1) is 18.8 Å². The van der Waals surface area contributed by atoms with Crippen LogP contribution in [-0.4, -0.2) is 82.7 Å². The summed E-state index contributed by atoms with van der Waals surface area (Å²) in [7, 11) is 3.23. The van der Waals surface area contributed by atoms with Crippen LogP contribution in [0.3, 0.4) is 0 Å². The van der Waals surface area contributed by atoms with Crippen LogP contribution in [-0.2, 0) is 32.4 Å². The first kappa shape index (κ1) is 36.5. The van der Waals surface area contributed by atoms with Gasteiger partial charge < -0.3 is 25.5 Å². The number of nitrogens with two attached hydrogens (primary N) is 1. The maximum Gasteiger partial charge on any atom is 0.417 e. The summed E-state index contributed by atoms with van der Waals surface area (Å²) in [5, 5.41) is 8.62. The number of anilines is 1. The number of pyridine rings is 2. The van der Waals surface area contributed by atoms with Gasteiger partial charge in [-0.15, -0.1) is 0 Å². The lowest BCUT2D eigenvalue weighted by atomic mass is 9.87. The van der Waals surface area contributed by atoms with Crippen molar-refractivity contribution in [2.24, 2.45) is 5.73 Å². The molecule has 1 aliphatic rings. The van der Waals surface area contributed by atoms with Crippen LogP contribution in [0.2, 0.25) is 0 Å². The van der Waals surface area contributed by atoms with Gasteiger partial charge in [0.25, 0.3) is 12.0 Å². The molecular weight excluding hydrogens is 662 g/mol. The molecule has 52 heavy (non-hydrogen) atoms. The van der Waals surface area contributed by atoms with Crippen LogP contribution in [0.15, 0.2) is 49.1 Å². The highest BCUT2D eigenvalue weighted by atomic mass is 16.6. The zero-order valence-corrected chi connectivity index (χ0v) is 30.7. The predicted octanol–water partition coefficient (Wildman–Crippen LogP) is 4.06. The Bertz CT molecular complexity index is 2110. The van der Waals surface area contributed by atoms with E-state index in [-0.39, 0.29) is 31.7 Å². The number of benzene rings is 1. The molecule has 274 valence electrons. The van der Waals surface area contributed by atoms with Crippen molar-refractivity contribution in [3.8, 4) is 11.3 Å². The van der Waals surface area contributed by atoms with E-state index < -0.39 is 12.1 Å². The third-order valence-corrected chi connectivity index (χ3v) is 10.0. The van der Waals surface area contributed by atoms with E-state index in [2.05, 4.69) is 71.2 Å². The third kappa shape index (κ3) is 7.48. The second-order valence-corrected chi connectivity index (χ2v) is 13.8. The number of carbonyl (C=O) groups is 3. The van der Waals surface area contributed by atoms with E-state index >= 15 is 0 Å². The van der Waals surface area contributed by atoms with Crippen molar-refractivity contribution >= 4 is 40.3 Å². The Labute approximate surface area is 302 Å². The molecule has 0 atom stereocenters. The van der Waals surface area contributed by atoms with Crippen molar-refractivity contribution in [1.29, 1.82) is 0 Å². The topological polar surface area (TPSA) is 164 Å². The fraction of sp³-hybridized carbons (Fsp3) is 0.421. The molecule has 0 aliphatic carbocycles. The lowest BCUT2D eigenvalue weighted by Crippen LogP contribution is -2.39. The minimum Gasteiger partial charge on any atom is -0.460 e. The van der Waals surface area contributed by atoms with Gasteiger partial charge >= 0.3 is 12.1 Å². The van der Waals surface area contributed by atoms with E-state index in [1.54, 1.807) is 43.3 Å². The Balaban J connectivity index is 1.23. The number of carbonyl (C=O) groups excluding carboxylic acids is 3. The lowest BCUT2D eigenvalue weighted by Gasteiger charge is -2.31. The third-order valence-electron chi connectivity index (χ3n) is 10.0. The molecule has 0 saturated carbocycles. The molecule has 14 nitrogen and oxygen atoms in total. The Kier molecular flexibility index (Phi) is 10.9. The Morgan fingerprint density at radius 3 is 2.62 bits per heavy atom. The number of aromatic amines is 1. The molecule has 1 aliphatic heterocycles. The van der Waals surface area contributed by atoms with Crippen molar-refractivity contribution in [2.45, 2.75) is 65.7 Å². The van der Waals surface area contributed by atoms with E-state index in [9.17, 15) is 14.4 Å². The van der Waals surface area contributed by atoms with Crippen LogP contribution < -0.4 is 20.5 Å². The largest absolute Gasteiger partial charge is 0.460 e. The van der Waals surface area contributed by atoms with Crippen LogP contribution in [0, 0.1) is 13.8 Å². The second kappa shape index (κ2) is 15.5. The number of esters is 1. The van der Waals surface area contributed by atoms with Gasteiger partial charge in [0, 0.05) is 45.9 Å². The second-order valence-electron chi connectivity index (χ2n) is 13.8. The number of nitrogens with one attached hydrogen (secondary N) is 2. The number of hydrogen-bond donors (Lipinski definition) is 3. The predicted molar refractivity (Wildman–Crippen MR) is 197 cm³/mol. The number of primary amides is 1. The zero-order valence-electron chi connectivity index (χ0n) is 30.7. The number of aryl methyl sites for hydroxylation is 1. The molecule has 2 amide bonds. The van der Waals surface area contributed by atoms with Gasteiger partial charge in [-0.1, -0.05) is 30.5 Å². The highest BCUT2D eigenvalue weighted by Crippen LogP contribution is 2.40. The smallest absolute Gasteiger partial charge is 0.417 e. The van der Waals surface area contributed by atoms with E-state index in [0.717, 1.165) is 59.5 Å². The molecule has 5 heterocycles. The number of amides is 2. The van der Waals surface area contributed by atoms with Crippen molar-refractivity contribution in [1.82, 2.24) is 29.8 Å². The molecule has 1 saturated heterocycles. The monoisotopic (exact) mass is 710 g/mol. The van der Waals surface area contributed by atoms with Gasteiger partial charge in [0.15, 0.2) is 0 Å². The highest BCUT2D eigenvalue weighted by Gasteiger charge is 2.27. The summed E-state index contributed by atoms with van der Waals surface area (Å²) in [5.74, 6) is 0.334. The minimum absolute atomic E-state index is 0.0278. The molecule has 0 radical (unpaired) electrons. The SMILES string of the molecule is CNCC(=O)OCc1cccnc1N(C)C(=O)OC[n+]1cnn2cc(-c3[nH]c4ccc(C5CCN(CC(N)=O)CC5)cc4c3C(C)C)c(C)c(C)c21. The van der Waals surface area contributed by atoms with Crippen molar-refractivity contribution in [3.05, 3.63) is 76.9 Å². The molecule has 4 N–H and O–H groups in total. The van der Waals surface area contributed by atoms with Crippen molar-refractivity contribution in [3.63, 3.8) is 0 Å². The van der Waals surface area contributed by atoms with E-state index in [1.807, 2.05) is 10.7 Å². The fourth-order valence-corrected chi connectivity index (χ4v) is 7.22. The molecule has 6 rings (SSSR count). The van der Waals surface area contributed by atoms with Gasteiger partial charge in [-0.2, -0.15) is 4.57 Å². The number of likely N-dealkylation sites (tertiary alicyclic amines) is 1. The molecule has 0 spiro atoms. The number of hydrogen-bond acceptors (Lipinski definition) is 9. The molecule has 14 heteroatoms. The molecule has 0 bridgehead atoms. The maximum absolute atomic E-state index is 13.2. The molecule has 5 aromatic rings. The first-order chi connectivity index (χ1) is 25.0. The van der Waals surface area contributed by atoms with Crippen LogP contribution >= 0.6 is 0 Å². The van der Waals surface area contributed by atoms with Crippen molar-refractivity contribution < 1.29 is 28.4 Å². The van der Waals surface area contributed by atoms with Gasteiger partial charge in [-0.05, 0) is 93.6 Å². The number of ether oxygens (including phenoxy) is 2. The van der Waals surface area contributed by atoms with E-state index in [0.29, 0.717) is 23.8 Å². The number of fused-ring (bicyclic) bond motifs is 2. The van der Waals surface area contributed by atoms with Gasteiger partial charge in [-0.3, -0.25) is 19.4 Å². The van der Waals surface area contributed by atoms with Crippen LogP contribution in [0.1, 0.15) is 66.3 Å². The van der Waals surface area contributed by atoms with Gasteiger partial charge in [0.1, 0.15) is 18.6 Å². The molecular formula is C38H48N9O5+. The summed E-state index contributed by atoms with van der Waals surface area (Å²) in [5.41, 5.74) is 14.7. The Morgan fingerprint density at radius 1 is 1.13 bits per heavy atom. The first-order valence-corrected chi connectivity index (χ1v) is 17.6. The summed E-state index contributed by atoms with van der Waals surface area (Å²) >= 11 is 0. The van der Waals surface area contributed by atoms with Gasteiger partial charge in [0.2, 0.25) is 12.6 Å². The standard InChI is InChI=1S/C38H47N9O5/c1-23(2)34-29-16-27(26-11-14-45(15-12-26)19-32(39)48)9-10-31(29)43-35(34)30-18-47-37(25(4)24(30)3)46(21-42-47)22-52-38(50)44(6)36-28(8-7-13-41-36)20-51-33(49)17-40-5/h7-10,13,16,18,21,23,26,40,43H,11-12,14-15,17,19-20,22H2,1-6H3,(H-,39,48)/p+1. The first-order valence-electron chi connectivity index (χ1n) is 17.6. The Morgan fingerprint density at radius 2 is 1.90 bits per heavy atom. The number of aromatic nitrogens is 5. The zero-order chi connectivity index (χ0) is 37.1. The number of likely N-dealkylation sites (N-methyl/N-ethyl adjacent to an activating group) is 1. The highest BCUT2D eigenvalue weighted by molar-refractivity contribution is 5.93. The van der Waals surface area contributed by atoms with E-state index in [1.165, 1.54) is 21.4 Å². The van der Waals surface area contributed by atoms with Crippen molar-refractivity contribution in [2.75, 3.05) is 45.2 Å². The van der Waals surface area contributed by atoms with Gasteiger partial charge in [-0.25, -0.2) is 9.78 Å². The number of piperidine rings is 1. The minimum atomic E-state index is -0.616. The summed E-state index contributed by atoms with van der Waals surface area (Å²) in [4.78, 5) is 48.0. The summed E-state index contributed by atoms with van der Waals surface area (Å²) in [6, 6.07) is 10.2. The average Bonchev–Trinajstić information content (AvgIpc) is 3.72. The van der Waals surface area contributed by atoms with Crippen LogP contribution in [0.25, 0.3) is 27.8 Å². The summed E-state index contributed by atoms with van der Waals surface area (Å²) in [6.45, 7) is 10.6. The van der Waals surface area contributed by atoms with Crippen LogP contribution in [0.5, 0.6) is 0 Å². The molecule has 4 aromatic heterocycles. The van der Waals surface area contributed by atoms with Crippen LogP contribution in [0.4, 0.5) is 10.6 Å². The summed E-state index contributed by atoms with van der Waals surface area (Å²) in [6.07, 6.45) is 6.62. The molecule has 1 fully saturated rings. The number of nitrogens with zero attached hydrogens (tertiary/aromatic N) is 6. The maximum atomic E-state index is 13.2. The number of rotatable bonds is 12. The normalized spacial score (nSPS) is 14.0. The Hall–Kier alpha value is -5.34. The quantitative estimate of drug-likeness (QED) is 0.128. The fourth-order valence-electron chi connectivity index (χ4n) is 7.22. The molecule has 1 aromatic carbocycles. The lowest BCUT2D eigenvalue weighted by molar-refractivity contribution is -0.704.